The van der Waals surface area contributed by atoms with Crippen molar-refractivity contribution in [2.45, 2.75) is 45.3 Å². The number of hydrogen-bond acceptors (Lipinski definition) is 5. The zero-order valence-electron chi connectivity index (χ0n) is 16.6. The van der Waals surface area contributed by atoms with E-state index >= 15 is 0 Å². The molecule has 0 bridgehead atoms. The van der Waals surface area contributed by atoms with Crippen molar-refractivity contribution in [3.63, 3.8) is 0 Å². The summed E-state index contributed by atoms with van der Waals surface area (Å²) in [6, 6.07) is 1.37. The molecular formula is C20H28BrN3O4. The Morgan fingerprint density at radius 3 is 2.82 bits per heavy atom. The fourth-order valence-corrected chi connectivity index (χ4v) is 3.95. The summed E-state index contributed by atoms with van der Waals surface area (Å²) in [4.78, 5) is 33.4. The van der Waals surface area contributed by atoms with Gasteiger partial charge in [-0.05, 0) is 41.8 Å². The zero-order valence-corrected chi connectivity index (χ0v) is 18.2. The van der Waals surface area contributed by atoms with Crippen LogP contribution < -0.4 is 4.74 Å². The van der Waals surface area contributed by atoms with Crippen LogP contribution in [-0.2, 0) is 4.79 Å². The van der Waals surface area contributed by atoms with Crippen LogP contribution in [-0.4, -0.2) is 70.6 Å². The van der Waals surface area contributed by atoms with Gasteiger partial charge in [0.05, 0.1) is 19.2 Å². The molecule has 1 fully saturated rings. The van der Waals surface area contributed by atoms with Gasteiger partial charge in [0.1, 0.15) is 11.7 Å². The molecule has 3 rings (SSSR count). The Bertz CT molecular complexity index is 740. The quantitative estimate of drug-likeness (QED) is 0.739. The first-order chi connectivity index (χ1) is 13.3. The maximum Gasteiger partial charge on any atom is 0.259 e. The van der Waals surface area contributed by atoms with Gasteiger partial charge in [-0.15, -0.1) is 0 Å². The Labute approximate surface area is 174 Å². The number of hydrogen-bond donors (Lipinski definition) is 1. The molecule has 7 nitrogen and oxygen atoms in total. The highest BCUT2D eigenvalue weighted by Gasteiger charge is 2.36. The van der Waals surface area contributed by atoms with Gasteiger partial charge in [-0.1, -0.05) is 13.3 Å². The molecule has 0 spiro atoms. The zero-order chi connectivity index (χ0) is 20.4. The monoisotopic (exact) mass is 453 g/mol. The predicted molar refractivity (Wildman–Crippen MR) is 108 cm³/mol. The van der Waals surface area contributed by atoms with Gasteiger partial charge in [0.2, 0.25) is 11.8 Å². The number of carbonyl (C=O) groups excluding carboxylic acids is 2. The number of rotatable bonds is 5. The Morgan fingerprint density at radius 1 is 1.50 bits per heavy atom. The summed E-state index contributed by atoms with van der Waals surface area (Å²) >= 11 is 3.36. The van der Waals surface area contributed by atoms with Crippen molar-refractivity contribution in [2.75, 3.05) is 26.7 Å². The van der Waals surface area contributed by atoms with Gasteiger partial charge in [-0.3, -0.25) is 9.59 Å². The highest BCUT2D eigenvalue weighted by molar-refractivity contribution is 9.10. The van der Waals surface area contributed by atoms with E-state index in [1.165, 1.54) is 0 Å². The van der Waals surface area contributed by atoms with Crippen LogP contribution in [0, 0.1) is 11.8 Å². The van der Waals surface area contributed by atoms with Crippen molar-refractivity contribution in [3.05, 3.63) is 22.3 Å². The molecule has 0 unspecified atom stereocenters. The lowest BCUT2D eigenvalue weighted by Gasteiger charge is -2.38. The lowest BCUT2D eigenvalue weighted by atomic mass is 9.84. The molecule has 2 aliphatic rings. The average Bonchev–Trinajstić information content (AvgIpc) is 2.63. The molecule has 0 radical (unpaired) electrons. The molecule has 2 amide bonds. The average molecular weight is 454 g/mol. The van der Waals surface area contributed by atoms with Crippen molar-refractivity contribution in [2.24, 2.45) is 11.8 Å². The molecule has 1 aromatic rings. The van der Waals surface area contributed by atoms with E-state index in [1.807, 2.05) is 20.9 Å². The topological polar surface area (TPSA) is 83.0 Å². The molecule has 1 aliphatic carbocycles. The second kappa shape index (κ2) is 8.78. The van der Waals surface area contributed by atoms with E-state index in [1.54, 1.807) is 22.1 Å². The van der Waals surface area contributed by atoms with Crippen LogP contribution in [0.2, 0.25) is 0 Å². The molecule has 2 heterocycles. The van der Waals surface area contributed by atoms with Gasteiger partial charge >= 0.3 is 0 Å². The van der Waals surface area contributed by atoms with Crippen molar-refractivity contribution in [1.29, 1.82) is 0 Å². The fourth-order valence-electron chi connectivity index (χ4n) is 3.62. The number of amides is 2. The molecule has 0 saturated heterocycles. The normalized spacial score (nSPS) is 23.8. The van der Waals surface area contributed by atoms with E-state index in [0.717, 1.165) is 19.3 Å². The first kappa shape index (κ1) is 21.0. The summed E-state index contributed by atoms with van der Waals surface area (Å²) in [5.74, 6) is 0.305. The smallest absolute Gasteiger partial charge is 0.259 e. The number of ether oxygens (including phenoxy) is 1. The molecule has 1 aromatic heterocycles. The molecule has 1 saturated carbocycles. The van der Waals surface area contributed by atoms with Crippen LogP contribution in [0.25, 0.3) is 0 Å². The minimum atomic E-state index is -0.324. The minimum Gasteiger partial charge on any atom is -0.472 e. The second-order valence-electron chi connectivity index (χ2n) is 7.98. The summed E-state index contributed by atoms with van der Waals surface area (Å²) in [6.07, 6.45) is 4.32. The van der Waals surface area contributed by atoms with E-state index < -0.39 is 0 Å². The number of pyridine rings is 1. The number of aliphatic hydroxyl groups excluding tert-OH is 1. The highest BCUT2D eigenvalue weighted by atomic mass is 79.9. The van der Waals surface area contributed by atoms with Crippen molar-refractivity contribution in [1.82, 2.24) is 14.8 Å². The fraction of sp³-hybridized carbons (Fsp3) is 0.650. The van der Waals surface area contributed by atoms with E-state index in [0.29, 0.717) is 23.1 Å². The van der Waals surface area contributed by atoms with Crippen molar-refractivity contribution < 1.29 is 19.4 Å². The summed E-state index contributed by atoms with van der Waals surface area (Å²) in [5.41, 5.74) is 0.361. The van der Waals surface area contributed by atoms with Crippen molar-refractivity contribution >= 4 is 27.7 Å². The van der Waals surface area contributed by atoms with Crippen LogP contribution >= 0.6 is 15.9 Å². The summed E-state index contributed by atoms with van der Waals surface area (Å²) in [6.45, 7) is 4.56. The van der Waals surface area contributed by atoms with Gasteiger partial charge in [-0.2, -0.15) is 0 Å². The van der Waals surface area contributed by atoms with E-state index in [9.17, 15) is 14.7 Å². The third-order valence-corrected chi connectivity index (χ3v) is 6.21. The Hall–Kier alpha value is -1.67. The number of fused-ring (bicyclic) bond motifs is 1. The van der Waals surface area contributed by atoms with E-state index in [4.69, 9.17) is 4.74 Å². The summed E-state index contributed by atoms with van der Waals surface area (Å²) in [5, 5.41) is 9.63. The number of aliphatic hydroxyl groups is 1. The van der Waals surface area contributed by atoms with Gasteiger partial charge in [-0.25, -0.2) is 4.98 Å². The minimum absolute atomic E-state index is 0.0341. The van der Waals surface area contributed by atoms with E-state index in [2.05, 4.69) is 20.9 Å². The number of nitrogens with zero attached hydrogens (tertiary/aromatic N) is 3. The summed E-state index contributed by atoms with van der Waals surface area (Å²) < 4.78 is 6.84. The van der Waals surface area contributed by atoms with Gasteiger partial charge in [0, 0.05) is 36.1 Å². The van der Waals surface area contributed by atoms with Crippen LogP contribution in [0.1, 0.15) is 43.5 Å². The first-order valence-corrected chi connectivity index (χ1v) is 10.6. The third kappa shape index (κ3) is 4.33. The molecule has 1 aliphatic heterocycles. The lowest BCUT2D eigenvalue weighted by Crippen LogP contribution is -2.51. The molecular weight excluding hydrogens is 426 g/mol. The second-order valence-corrected chi connectivity index (χ2v) is 8.89. The van der Waals surface area contributed by atoms with Crippen LogP contribution in [0.5, 0.6) is 5.88 Å². The summed E-state index contributed by atoms with van der Waals surface area (Å²) in [7, 11) is 1.81. The molecule has 154 valence electrons. The molecule has 3 atom stereocenters. The number of likely N-dealkylation sites (N-methyl/N-ethyl adjacent to an activating group) is 1. The van der Waals surface area contributed by atoms with Gasteiger partial charge in [0.25, 0.3) is 5.91 Å². The predicted octanol–water partition coefficient (Wildman–Crippen LogP) is 2.32. The van der Waals surface area contributed by atoms with Gasteiger partial charge in [0.15, 0.2) is 0 Å². The maximum atomic E-state index is 13.1. The maximum absolute atomic E-state index is 13.1. The molecule has 0 aromatic carbocycles. The third-order valence-electron chi connectivity index (χ3n) is 5.77. The molecule has 28 heavy (non-hydrogen) atoms. The Balaban J connectivity index is 1.87. The standard InChI is InChI=1S/C20H28BrN3O4/c1-12-9-24(13(2)11-25)20(27)16-7-15(21)8-22-18(16)28-17(12)10-23(3)19(26)14-5-4-6-14/h7-8,12-14,17,25H,4-6,9-11H2,1-3H3/t12-,13+,17-/m0/s1. The van der Waals surface area contributed by atoms with Crippen LogP contribution in [0.15, 0.2) is 16.7 Å². The number of aromatic nitrogens is 1. The van der Waals surface area contributed by atoms with Crippen molar-refractivity contribution in [3.8, 4) is 5.88 Å². The largest absolute Gasteiger partial charge is 0.472 e. The molecule has 8 heteroatoms. The Kier molecular flexibility index (Phi) is 6.60. The Morgan fingerprint density at radius 2 is 2.21 bits per heavy atom. The lowest BCUT2D eigenvalue weighted by molar-refractivity contribution is -0.138. The van der Waals surface area contributed by atoms with E-state index in [-0.39, 0.29) is 48.3 Å². The number of halogens is 1. The SMILES string of the molecule is C[C@H](CO)N1C[C@H](C)[C@H](CN(C)C(=O)C2CCC2)Oc2ncc(Br)cc2C1=O. The highest BCUT2D eigenvalue weighted by Crippen LogP contribution is 2.30. The van der Waals surface area contributed by atoms with Gasteiger partial charge < -0.3 is 19.6 Å². The first-order valence-electron chi connectivity index (χ1n) is 9.80. The number of carbonyl (C=O) groups is 2. The molecule has 1 N–H and O–H groups in total. The van der Waals surface area contributed by atoms with Crippen LogP contribution in [0.4, 0.5) is 0 Å². The van der Waals surface area contributed by atoms with Crippen LogP contribution in [0.3, 0.4) is 0 Å².